The van der Waals surface area contributed by atoms with E-state index >= 15 is 0 Å². The van der Waals surface area contributed by atoms with Gasteiger partial charge < -0.3 is 19.7 Å². The molecule has 148 valence electrons. The number of anilines is 2. The van der Waals surface area contributed by atoms with E-state index < -0.39 is 12.3 Å². The Morgan fingerprint density at radius 1 is 1.04 bits per heavy atom. The lowest BCUT2D eigenvalue weighted by atomic mass is 10.3. The Morgan fingerprint density at radius 3 is 2.25 bits per heavy atom. The summed E-state index contributed by atoms with van der Waals surface area (Å²) in [5.41, 5.74) is 1.09. The van der Waals surface area contributed by atoms with E-state index in [0.717, 1.165) is 24.2 Å². The molecule has 0 bridgehead atoms. The number of halogens is 3. The van der Waals surface area contributed by atoms with Gasteiger partial charge in [-0.25, -0.2) is 0 Å². The van der Waals surface area contributed by atoms with Crippen LogP contribution in [0.1, 0.15) is 12.8 Å². The summed E-state index contributed by atoms with van der Waals surface area (Å²) >= 11 is 0. The predicted octanol–water partition coefficient (Wildman–Crippen LogP) is 3.73. The van der Waals surface area contributed by atoms with Gasteiger partial charge in [-0.05, 0) is 55.0 Å². The second-order valence-electron chi connectivity index (χ2n) is 6.05. The van der Waals surface area contributed by atoms with Crippen molar-refractivity contribution in [2.75, 3.05) is 23.4 Å². The highest BCUT2D eigenvalue weighted by Crippen LogP contribution is 2.25. The van der Waals surface area contributed by atoms with Crippen molar-refractivity contribution in [1.29, 1.82) is 0 Å². The van der Waals surface area contributed by atoms with Crippen LogP contribution in [0.15, 0.2) is 48.5 Å². The average Bonchev–Trinajstić information content (AvgIpc) is 3.07. The fraction of sp³-hybridized carbons (Fsp3) is 0.263. The van der Waals surface area contributed by atoms with Gasteiger partial charge in [0.1, 0.15) is 11.5 Å². The highest BCUT2D eigenvalue weighted by molar-refractivity contribution is 5.95. The zero-order valence-corrected chi connectivity index (χ0v) is 14.7. The summed E-state index contributed by atoms with van der Waals surface area (Å²) in [4.78, 5) is 25.3. The quantitative estimate of drug-likeness (QED) is 0.811. The molecule has 0 aliphatic carbocycles. The van der Waals surface area contributed by atoms with Crippen molar-refractivity contribution in [2.24, 2.45) is 0 Å². The molecule has 9 heteroatoms. The minimum atomic E-state index is -4.77. The van der Waals surface area contributed by atoms with Gasteiger partial charge in [0.2, 0.25) is 5.91 Å². The Morgan fingerprint density at radius 2 is 1.68 bits per heavy atom. The van der Waals surface area contributed by atoms with Gasteiger partial charge in [0.15, 0.2) is 6.61 Å². The molecule has 0 aromatic heterocycles. The molecule has 1 aliphatic heterocycles. The Bertz CT molecular complexity index is 836. The Balaban J connectivity index is 1.48. The average molecular weight is 394 g/mol. The Kier molecular flexibility index (Phi) is 5.72. The zero-order chi connectivity index (χ0) is 20.1. The molecule has 1 saturated heterocycles. The van der Waals surface area contributed by atoms with Crippen molar-refractivity contribution >= 4 is 23.2 Å². The molecule has 3 rings (SSSR count). The van der Waals surface area contributed by atoms with Crippen LogP contribution in [0, 0.1) is 0 Å². The zero-order valence-electron chi connectivity index (χ0n) is 14.7. The van der Waals surface area contributed by atoms with E-state index in [1.54, 1.807) is 29.2 Å². The molecule has 0 radical (unpaired) electrons. The van der Waals surface area contributed by atoms with Crippen LogP contribution in [0.25, 0.3) is 0 Å². The van der Waals surface area contributed by atoms with Gasteiger partial charge in [-0.3, -0.25) is 9.59 Å². The van der Waals surface area contributed by atoms with Crippen molar-refractivity contribution in [2.45, 2.75) is 19.2 Å². The summed E-state index contributed by atoms with van der Waals surface area (Å²) < 4.78 is 45.5. The number of nitrogens with one attached hydrogen (secondary N) is 1. The fourth-order valence-electron chi connectivity index (χ4n) is 2.73. The lowest BCUT2D eigenvalue weighted by Gasteiger charge is -2.16. The van der Waals surface area contributed by atoms with Gasteiger partial charge in [-0.1, -0.05) is 0 Å². The fourth-order valence-corrected chi connectivity index (χ4v) is 2.73. The van der Waals surface area contributed by atoms with E-state index in [1.165, 1.54) is 12.1 Å². The van der Waals surface area contributed by atoms with E-state index in [-0.39, 0.29) is 18.3 Å². The second kappa shape index (κ2) is 8.20. The smallest absolute Gasteiger partial charge is 0.484 e. The highest BCUT2D eigenvalue weighted by Gasteiger charge is 2.31. The third-order valence-electron chi connectivity index (χ3n) is 3.96. The number of benzene rings is 2. The number of carbonyl (C=O) groups excluding carboxylic acids is 2. The number of rotatable bonds is 6. The van der Waals surface area contributed by atoms with Crippen molar-refractivity contribution in [3.63, 3.8) is 0 Å². The third-order valence-corrected chi connectivity index (χ3v) is 3.96. The van der Waals surface area contributed by atoms with Crippen LogP contribution in [0.5, 0.6) is 11.5 Å². The van der Waals surface area contributed by atoms with E-state index in [0.29, 0.717) is 24.4 Å². The molecule has 1 aliphatic rings. The van der Waals surface area contributed by atoms with Crippen LogP contribution >= 0.6 is 0 Å². The summed E-state index contributed by atoms with van der Waals surface area (Å²) in [5, 5.41) is 2.51. The SMILES string of the molecule is O=C(COc1ccc(N2CCCC2=O)cc1)Nc1ccc(OC(F)(F)F)cc1. The van der Waals surface area contributed by atoms with Crippen molar-refractivity contribution in [1.82, 2.24) is 0 Å². The first-order valence-corrected chi connectivity index (χ1v) is 8.49. The van der Waals surface area contributed by atoms with Crippen LogP contribution in [-0.4, -0.2) is 31.3 Å². The Labute approximate surface area is 158 Å². The molecular formula is C19H17F3N2O4. The summed E-state index contributed by atoms with van der Waals surface area (Å²) in [6, 6.07) is 11.6. The first kappa shape index (κ1) is 19.5. The Hall–Kier alpha value is -3.23. The molecule has 0 unspecified atom stereocenters. The molecule has 0 atom stereocenters. The molecule has 28 heavy (non-hydrogen) atoms. The minimum absolute atomic E-state index is 0.0831. The molecular weight excluding hydrogens is 377 g/mol. The summed E-state index contributed by atoms with van der Waals surface area (Å²) in [7, 11) is 0. The molecule has 6 nitrogen and oxygen atoms in total. The van der Waals surface area contributed by atoms with E-state index in [9.17, 15) is 22.8 Å². The number of amides is 2. The maximum atomic E-state index is 12.1. The molecule has 1 fully saturated rings. The molecule has 0 spiro atoms. The molecule has 2 aromatic rings. The molecule has 0 saturated carbocycles. The van der Waals surface area contributed by atoms with Crippen LogP contribution in [0.2, 0.25) is 0 Å². The summed E-state index contributed by atoms with van der Waals surface area (Å²) in [6.45, 7) is 0.414. The molecule has 2 aromatic carbocycles. The van der Waals surface area contributed by atoms with Crippen molar-refractivity contribution in [3.8, 4) is 11.5 Å². The standard InChI is InChI=1S/C19H17F3N2O4/c20-19(21,22)28-16-7-3-13(4-8-16)23-17(25)12-27-15-9-5-14(6-10-15)24-11-1-2-18(24)26/h3-10H,1-2,11-12H2,(H,23,25). The largest absolute Gasteiger partial charge is 0.573 e. The number of ether oxygens (including phenoxy) is 2. The normalized spacial score (nSPS) is 14.1. The van der Waals surface area contributed by atoms with Crippen LogP contribution in [0.3, 0.4) is 0 Å². The van der Waals surface area contributed by atoms with Gasteiger partial charge in [0, 0.05) is 24.3 Å². The van der Waals surface area contributed by atoms with E-state index in [2.05, 4.69) is 10.1 Å². The first-order chi connectivity index (χ1) is 13.3. The lowest BCUT2D eigenvalue weighted by molar-refractivity contribution is -0.274. The number of nitrogens with zero attached hydrogens (tertiary/aromatic N) is 1. The predicted molar refractivity (Wildman–Crippen MR) is 95.3 cm³/mol. The number of hydrogen-bond donors (Lipinski definition) is 1. The maximum Gasteiger partial charge on any atom is 0.573 e. The van der Waals surface area contributed by atoms with Gasteiger partial charge >= 0.3 is 6.36 Å². The monoisotopic (exact) mass is 394 g/mol. The van der Waals surface area contributed by atoms with Gasteiger partial charge in [0.05, 0.1) is 0 Å². The van der Waals surface area contributed by atoms with Gasteiger partial charge in [-0.15, -0.1) is 13.2 Å². The molecule has 1 N–H and O–H groups in total. The highest BCUT2D eigenvalue weighted by atomic mass is 19.4. The number of alkyl halides is 3. The van der Waals surface area contributed by atoms with Crippen LogP contribution in [0.4, 0.5) is 24.5 Å². The van der Waals surface area contributed by atoms with E-state index in [4.69, 9.17) is 4.74 Å². The van der Waals surface area contributed by atoms with Gasteiger partial charge in [0.25, 0.3) is 5.91 Å². The number of carbonyl (C=O) groups is 2. The minimum Gasteiger partial charge on any atom is -0.484 e. The molecule has 2 amide bonds. The van der Waals surface area contributed by atoms with E-state index in [1.807, 2.05) is 0 Å². The first-order valence-electron chi connectivity index (χ1n) is 8.49. The topological polar surface area (TPSA) is 67.9 Å². The van der Waals surface area contributed by atoms with Crippen LogP contribution < -0.4 is 19.7 Å². The lowest BCUT2D eigenvalue weighted by Crippen LogP contribution is -2.23. The second-order valence-corrected chi connectivity index (χ2v) is 6.05. The van der Waals surface area contributed by atoms with Crippen molar-refractivity contribution in [3.05, 3.63) is 48.5 Å². The summed E-state index contributed by atoms with van der Waals surface area (Å²) in [5.74, 6) is -0.305. The number of hydrogen-bond acceptors (Lipinski definition) is 4. The molecule has 1 heterocycles. The summed E-state index contributed by atoms with van der Waals surface area (Å²) in [6.07, 6.45) is -3.39. The van der Waals surface area contributed by atoms with Crippen LogP contribution in [-0.2, 0) is 9.59 Å². The third kappa shape index (κ3) is 5.38. The van der Waals surface area contributed by atoms with Gasteiger partial charge in [-0.2, -0.15) is 0 Å². The van der Waals surface area contributed by atoms with Crippen molar-refractivity contribution < 1.29 is 32.2 Å². The maximum absolute atomic E-state index is 12.1.